The predicted octanol–water partition coefficient (Wildman–Crippen LogP) is 2.71. The standard InChI is InChI=1S/C18H20N4O2S/c1-12-20-18-17(25-12)15(16(11-24)22(18)3)8-19-21(2)9-13-4-6-14(10-23)7-5-13/h4-8,11,23H,9-10H2,1-3H3/b19-8-. The first-order valence-corrected chi connectivity index (χ1v) is 8.70. The molecule has 6 nitrogen and oxygen atoms in total. The Hall–Kier alpha value is -2.51. The summed E-state index contributed by atoms with van der Waals surface area (Å²) in [5.41, 5.74) is 4.18. The van der Waals surface area contributed by atoms with Crippen LogP contribution in [0.2, 0.25) is 0 Å². The van der Waals surface area contributed by atoms with Crippen molar-refractivity contribution in [3.05, 3.63) is 51.7 Å². The average Bonchev–Trinajstić information content (AvgIpc) is 3.10. The molecule has 130 valence electrons. The third kappa shape index (κ3) is 3.47. The summed E-state index contributed by atoms with van der Waals surface area (Å²) in [6, 6.07) is 7.75. The number of carbonyl (C=O) groups is 1. The summed E-state index contributed by atoms with van der Waals surface area (Å²) in [6.45, 7) is 2.63. The molecule has 0 atom stereocenters. The molecule has 0 bridgehead atoms. The molecule has 0 amide bonds. The van der Waals surface area contributed by atoms with E-state index in [1.807, 2.05) is 50.3 Å². The van der Waals surface area contributed by atoms with E-state index in [1.165, 1.54) is 0 Å². The lowest BCUT2D eigenvalue weighted by Gasteiger charge is -2.13. The molecule has 7 heteroatoms. The maximum Gasteiger partial charge on any atom is 0.167 e. The molecule has 0 aliphatic carbocycles. The highest BCUT2D eigenvalue weighted by molar-refractivity contribution is 7.18. The van der Waals surface area contributed by atoms with Gasteiger partial charge in [0.1, 0.15) is 0 Å². The Morgan fingerprint density at radius 1 is 1.32 bits per heavy atom. The largest absolute Gasteiger partial charge is 0.392 e. The predicted molar refractivity (Wildman–Crippen MR) is 100 cm³/mol. The second-order valence-electron chi connectivity index (χ2n) is 5.90. The molecule has 1 aromatic carbocycles. The highest BCUT2D eigenvalue weighted by Crippen LogP contribution is 2.28. The van der Waals surface area contributed by atoms with Crippen LogP contribution in [0.15, 0.2) is 29.4 Å². The smallest absolute Gasteiger partial charge is 0.167 e. The van der Waals surface area contributed by atoms with Gasteiger partial charge >= 0.3 is 0 Å². The number of hydrazone groups is 1. The third-order valence-electron chi connectivity index (χ3n) is 4.03. The van der Waals surface area contributed by atoms with Gasteiger partial charge in [0, 0.05) is 19.7 Å². The van der Waals surface area contributed by atoms with Gasteiger partial charge in [-0.3, -0.25) is 9.80 Å². The van der Waals surface area contributed by atoms with Gasteiger partial charge in [-0.15, -0.1) is 11.3 Å². The minimum absolute atomic E-state index is 0.0427. The Morgan fingerprint density at radius 2 is 2.00 bits per heavy atom. The molecule has 0 saturated heterocycles. The van der Waals surface area contributed by atoms with Gasteiger partial charge in [-0.25, -0.2) is 4.98 Å². The first-order valence-electron chi connectivity index (χ1n) is 7.88. The fraction of sp³-hybridized carbons (Fsp3) is 0.278. The zero-order valence-electron chi connectivity index (χ0n) is 14.4. The molecule has 3 rings (SSSR count). The SMILES string of the molecule is Cc1nc2c(s1)c(/C=N\N(C)Cc1ccc(CO)cc1)c(C=O)n2C. The fourth-order valence-corrected chi connectivity index (χ4v) is 3.68. The van der Waals surface area contributed by atoms with Gasteiger partial charge in [0.15, 0.2) is 11.9 Å². The molecule has 0 radical (unpaired) electrons. The van der Waals surface area contributed by atoms with E-state index < -0.39 is 0 Å². The van der Waals surface area contributed by atoms with Crippen molar-refractivity contribution in [2.45, 2.75) is 20.1 Å². The van der Waals surface area contributed by atoms with E-state index in [0.29, 0.717) is 12.2 Å². The van der Waals surface area contributed by atoms with Crippen LogP contribution in [-0.4, -0.2) is 39.2 Å². The molecular formula is C18H20N4O2S. The average molecular weight is 356 g/mol. The summed E-state index contributed by atoms with van der Waals surface area (Å²) in [7, 11) is 3.73. The molecule has 0 saturated carbocycles. The molecule has 2 aromatic heterocycles. The molecule has 0 aliphatic rings. The fourth-order valence-electron chi connectivity index (χ4n) is 2.71. The number of fused-ring (bicyclic) bond motifs is 1. The summed E-state index contributed by atoms with van der Waals surface area (Å²) in [5, 5.41) is 16.3. The topological polar surface area (TPSA) is 70.7 Å². The van der Waals surface area contributed by atoms with Gasteiger partial charge in [0.05, 0.1) is 34.8 Å². The van der Waals surface area contributed by atoms with Gasteiger partial charge in [0.25, 0.3) is 0 Å². The van der Waals surface area contributed by atoms with Crippen molar-refractivity contribution < 1.29 is 9.90 Å². The Morgan fingerprint density at radius 3 is 2.64 bits per heavy atom. The van der Waals surface area contributed by atoms with Crippen molar-refractivity contribution in [3.8, 4) is 0 Å². The second kappa shape index (κ2) is 7.16. The number of benzene rings is 1. The van der Waals surface area contributed by atoms with Crippen molar-refractivity contribution >= 4 is 34.2 Å². The molecule has 25 heavy (non-hydrogen) atoms. The highest BCUT2D eigenvalue weighted by Gasteiger charge is 2.17. The van der Waals surface area contributed by atoms with Crippen LogP contribution in [-0.2, 0) is 20.2 Å². The number of nitrogens with zero attached hydrogens (tertiary/aromatic N) is 4. The summed E-state index contributed by atoms with van der Waals surface area (Å²) in [6.07, 6.45) is 2.57. The van der Waals surface area contributed by atoms with E-state index in [-0.39, 0.29) is 6.61 Å². The number of hydrogen-bond acceptors (Lipinski definition) is 6. The lowest BCUT2D eigenvalue weighted by atomic mass is 10.1. The van der Waals surface area contributed by atoms with Gasteiger partial charge in [-0.1, -0.05) is 24.3 Å². The number of thiazole rings is 1. The number of hydrogen-bond donors (Lipinski definition) is 1. The summed E-state index contributed by atoms with van der Waals surface area (Å²) in [5.74, 6) is 0. The van der Waals surface area contributed by atoms with E-state index >= 15 is 0 Å². The number of aromatic nitrogens is 2. The van der Waals surface area contributed by atoms with E-state index in [0.717, 1.165) is 38.3 Å². The maximum absolute atomic E-state index is 11.5. The first-order chi connectivity index (χ1) is 12.0. The quantitative estimate of drug-likeness (QED) is 0.419. The lowest BCUT2D eigenvalue weighted by Crippen LogP contribution is -2.11. The van der Waals surface area contributed by atoms with Crippen LogP contribution >= 0.6 is 11.3 Å². The van der Waals surface area contributed by atoms with Crippen LogP contribution in [0.4, 0.5) is 0 Å². The maximum atomic E-state index is 11.5. The Labute approximate surface area is 150 Å². The van der Waals surface area contributed by atoms with Crippen LogP contribution in [0.5, 0.6) is 0 Å². The zero-order valence-corrected chi connectivity index (χ0v) is 15.2. The van der Waals surface area contributed by atoms with Gasteiger partial charge in [0.2, 0.25) is 0 Å². The van der Waals surface area contributed by atoms with Crippen LogP contribution in [0, 0.1) is 6.92 Å². The first kappa shape index (κ1) is 17.3. The van der Waals surface area contributed by atoms with Gasteiger partial charge < -0.3 is 9.67 Å². The normalized spacial score (nSPS) is 11.5. The van der Waals surface area contributed by atoms with E-state index in [4.69, 9.17) is 5.11 Å². The third-order valence-corrected chi connectivity index (χ3v) is 5.02. The summed E-state index contributed by atoms with van der Waals surface area (Å²) >= 11 is 1.56. The van der Waals surface area contributed by atoms with Crippen molar-refractivity contribution in [1.29, 1.82) is 0 Å². The number of rotatable bonds is 6. The summed E-state index contributed by atoms with van der Waals surface area (Å²) < 4.78 is 2.78. The second-order valence-corrected chi connectivity index (χ2v) is 7.10. The monoisotopic (exact) mass is 356 g/mol. The molecule has 2 heterocycles. The molecule has 0 aliphatic heterocycles. The molecule has 0 fully saturated rings. The molecule has 0 spiro atoms. The summed E-state index contributed by atoms with van der Waals surface area (Å²) in [4.78, 5) is 15.9. The Balaban J connectivity index is 1.83. The number of aliphatic hydroxyl groups excluding tert-OH is 1. The number of carbonyl (C=O) groups excluding carboxylic acids is 1. The minimum Gasteiger partial charge on any atom is -0.392 e. The van der Waals surface area contributed by atoms with Crippen molar-refractivity contribution in [1.82, 2.24) is 14.6 Å². The number of aldehydes is 1. The van der Waals surface area contributed by atoms with Crippen LogP contribution in [0.25, 0.3) is 10.3 Å². The van der Waals surface area contributed by atoms with E-state index in [9.17, 15) is 4.79 Å². The van der Waals surface area contributed by atoms with E-state index in [2.05, 4.69) is 10.1 Å². The minimum atomic E-state index is 0.0427. The van der Waals surface area contributed by atoms with Crippen molar-refractivity contribution in [2.24, 2.45) is 12.1 Å². The lowest BCUT2D eigenvalue weighted by molar-refractivity contribution is 0.111. The van der Waals surface area contributed by atoms with E-state index in [1.54, 1.807) is 22.1 Å². The Bertz CT molecular complexity index is 925. The molecule has 1 N–H and O–H groups in total. The van der Waals surface area contributed by atoms with Crippen LogP contribution in [0.3, 0.4) is 0 Å². The molecule has 3 aromatic rings. The van der Waals surface area contributed by atoms with Gasteiger partial charge in [-0.2, -0.15) is 5.10 Å². The number of aliphatic hydroxyl groups is 1. The molecular weight excluding hydrogens is 336 g/mol. The van der Waals surface area contributed by atoms with Gasteiger partial charge in [-0.05, 0) is 18.1 Å². The van der Waals surface area contributed by atoms with Crippen molar-refractivity contribution in [3.63, 3.8) is 0 Å². The Kier molecular flexibility index (Phi) is 4.96. The van der Waals surface area contributed by atoms with Crippen LogP contribution < -0.4 is 0 Å². The number of aryl methyl sites for hydroxylation is 2. The van der Waals surface area contributed by atoms with Crippen molar-refractivity contribution in [2.75, 3.05) is 7.05 Å². The molecule has 0 unspecified atom stereocenters. The zero-order chi connectivity index (χ0) is 18.0. The van der Waals surface area contributed by atoms with Crippen LogP contribution in [0.1, 0.15) is 32.2 Å². The highest BCUT2D eigenvalue weighted by atomic mass is 32.1.